The number of aromatic nitrogens is 2. The van der Waals surface area contributed by atoms with Crippen molar-refractivity contribution in [2.75, 3.05) is 0 Å². The fourth-order valence-corrected chi connectivity index (χ4v) is 4.86. The van der Waals surface area contributed by atoms with Crippen LogP contribution in [0.15, 0.2) is 89.7 Å². The van der Waals surface area contributed by atoms with Gasteiger partial charge in [0.2, 0.25) is 0 Å². The highest BCUT2D eigenvalue weighted by Gasteiger charge is 2.29. The van der Waals surface area contributed by atoms with Gasteiger partial charge in [0.15, 0.2) is 5.78 Å². The van der Waals surface area contributed by atoms with E-state index in [-0.39, 0.29) is 5.78 Å². The van der Waals surface area contributed by atoms with E-state index in [1.54, 1.807) is 0 Å². The third kappa shape index (κ3) is 2.99. The standard InChI is InChI=1S/C26H21BrN2O/c1-28-15-21(19-10-3-5-12-23(19)28)25(26(30)17-8-7-9-18(27)14-17)22-16-29(2)24-13-6-4-11-20(22)24/h3-16,25H,1-2H3. The molecule has 30 heavy (non-hydrogen) atoms. The Balaban J connectivity index is 1.81. The summed E-state index contributed by atoms with van der Waals surface area (Å²) in [6, 6.07) is 24.2. The Kier molecular flexibility index (Phi) is 4.59. The van der Waals surface area contributed by atoms with Gasteiger partial charge in [0, 0.05) is 58.3 Å². The van der Waals surface area contributed by atoms with Crippen molar-refractivity contribution in [3.05, 3.63) is 106 Å². The summed E-state index contributed by atoms with van der Waals surface area (Å²) in [5.74, 6) is -0.291. The minimum Gasteiger partial charge on any atom is -0.350 e. The van der Waals surface area contributed by atoms with Crippen LogP contribution < -0.4 is 0 Å². The Morgan fingerprint density at radius 2 is 1.30 bits per heavy atom. The number of hydrogen-bond donors (Lipinski definition) is 0. The molecule has 2 aromatic heterocycles. The monoisotopic (exact) mass is 456 g/mol. The molecule has 2 heterocycles. The van der Waals surface area contributed by atoms with Crippen molar-refractivity contribution in [3.63, 3.8) is 0 Å². The van der Waals surface area contributed by atoms with E-state index in [1.165, 1.54) is 0 Å². The maximum absolute atomic E-state index is 14.0. The zero-order valence-corrected chi connectivity index (χ0v) is 18.4. The van der Waals surface area contributed by atoms with E-state index in [0.29, 0.717) is 5.56 Å². The number of carbonyl (C=O) groups is 1. The second-order valence-corrected chi connectivity index (χ2v) is 8.65. The molecule has 0 aliphatic carbocycles. The first-order valence-corrected chi connectivity index (χ1v) is 10.7. The second kappa shape index (κ2) is 7.29. The molecule has 0 amide bonds. The van der Waals surface area contributed by atoms with Crippen molar-refractivity contribution in [2.24, 2.45) is 14.1 Å². The number of benzene rings is 3. The van der Waals surface area contributed by atoms with Gasteiger partial charge in [0.25, 0.3) is 0 Å². The molecular weight excluding hydrogens is 436 g/mol. The van der Waals surface area contributed by atoms with Gasteiger partial charge in [-0.2, -0.15) is 0 Å². The fourth-order valence-electron chi connectivity index (χ4n) is 4.46. The molecule has 3 nitrogen and oxygen atoms in total. The van der Waals surface area contributed by atoms with Crippen molar-refractivity contribution < 1.29 is 4.79 Å². The Morgan fingerprint density at radius 3 is 1.83 bits per heavy atom. The van der Waals surface area contributed by atoms with E-state index in [4.69, 9.17) is 0 Å². The van der Waals surface area contributed by atoms with Gasteiger partial charge in [-0.25, -0.2) is 0 Å². The summed E-state index contributed by atoms with van der Waals surface area (Å²) in [6.07, 6.45) is 4.21. The average Bonchev–Trinajstić information content (AvgIpc) is 3.26. The van der Waals surface area contributed by atoms with Crippen LogP contribution in [0.2, 0.25) is 0 Å². The van der Waals surface area contributed by atoms with Gasteiger partial charge in [0.1, 0.15) is 0 Å². The molecule has 0 unspecified atom stereocenters. The summed E-state index contributed by atoms with van der Waals surface area (Å²) in [5.41, 5.74) is 5.03. The predicted octanol–water partition coefficient (Wildman–Crippen LogP) is 6.45. The number of halogens is 1. The summed E-state index contributed by atoms with van der Waals surface area (Å²) >= 11 is 3.52. The highest BCUT2D eigenvalue weighted by Crippen LogP contribution is 2.38. The first-order chi connectivity index (χ1) is 14.5. The number of hydrogen-bond acceptors (Lipinski definition) is 1. The Hall–Kier alpha value is -3.11. The Bertz CT molecular complexity index is 1330. The van der Waals surface area contributed by atoms with Crippen LogP contribution in [0, 0.1) is 0 Å². The summed E-state index contributed by atoms with van der Waals surface area (Å²) in [7, 11) is 4.07. The van der Waals surface area contributed by atoms with Gasteiger partial charge in [-0.15, -0.1) is 0 Å². The maximum Gasteiger partial charge on any atom is 0.174 e. The molecular formula is C26H21BrN2O. The lowest BCUT2D eigenvalue weighted by Gasteiger charge is -2.16. The van der Waals surface area contributed by atoms with Gasteiger partial charge in [-0.05, 0) is 35.4 Å². The summed E-state index contributed by atoms with van der Waals surface area (Å²) in [4.78, 5) is 14.0. The van der Waals surface area contributed by atoms with Crippen LogP contribution in [-0.4, -0.2) is 14.9 Å². The number of aryl methyl sites for hydroxylation is 2. The number of rotatable bonds is 4. The average molecular weight is 457 g/mol. The first-order valence-electron chi connectivity index (χ1n) is 9.92. The van der Waals surface area contributed by atoms with Crippen LogP contribution in [0.25, 0.3) is 21.8 Å². The molecule has 0 atom stereocenters. The fraction of sp³-hybridized carbons (Fsp3) is 0.115. The van der Waals surface area contributed by atoms with Gasteiger partial charge in [-0.1, -0.05) is 64.5 Å². The highest BCUT2D eigenvalue weighted by molar-refractivity contribution is 9.10. The second-order valence-electron chi connectivity index (χ2n) is 7.73. The maximum atomic E-state index is 14.0. The van der Waals surface area contributed by atoms with Crippen molar-refractivity contribution in [1.82, 2.24) is 9.13 Å². The third-order valence-corrected chi connectivity index (χ3v) is 6.34. The van der Waals surface area contributed by atoms with Crippen molar-refractivity contribution in [3.8, 4) is 0 Å². The number of carbonyl (C=O) groups excluding carboxylic acids is 1. The van der Waals surface area contributed by atoms with E-state index in [0.717, 1.165) is 37.4 Å². The quantitative estimate of drug-likeness (QED) is 0.285. The first kappa shape index (κ1) is 18.9. The third-order valence-electron chi connectivity index (χ3n) is 5.85. The normalized spacial score (nSPS) is 11.6. The molecule has 0 bridgehead atoms. The molecule has 0 saturated heterocycles. The highest BCUT2D eigenvalue weighted by atomic mass is 79.9. The molecule has 5 aromatic rings. The number of fused-ring (bicyclic) bond motifs is 2. The summed E-state index contributed by atoms with van der Waals surface area (Å²) in [6.45, 7) is 0. The van der Waals surface area contributed by atoms with Crippen LogP contribution in [0.1, 0.15) is 27.4 Å². The minimum absolute atomic E-state index is 0.101. The van der Waals surface area contributed by atoms with Crippen LogP contribution >= 0.6 is 15.9 Å². The van der Waals surface area contributed by atoms with Crippen molar-refractivity contribution in [1.29, 1.82) is 0 Å². The zero-order chi connectivity index (χ0) is 20.8. The molecule has 3 aromatic carbocycles. The zero-order valence-electron chi connectivity index (χ0n) is 16.8. The Morgan fingerprint density at radius 1 is 0.767 bits per heavy atom. The van der Waals surface area contributed by atoms with E-state index in [9.17, 15) is 4.79 Å². The van der Waals surface area contributed by atoms with E-state index < -0.39 is 5.92 Å². The molecule has 0 aliphatic rings. The minimum atomic E-state index is -0.392. The SMILES string of the molecule is Cn1cc(C(C(=O)c2cccc(Br)c2)c2cn(C)c3ccccc23)c2ccccc21. The summed E-state index contributed by atoms with van der Waals surface area (Å²) in [5, 5.41) is 2.22. The number of Topliss-reactive ketones (excluding diaryl/α,β-unsaturated/α-hetero) is 1. The molecule has 0 saturated carbocycles. The van der Waals surface area contributed by atoms with Gasteiger partial charge in [-0.3, -0.25) is 4.79 Å². The smallest absolute Gasteiger partial charge is 0.174 e. The number of nitrogens with zero attached hydrogens (tertiary/aromatic N) is 2. The lowest BCUT2D eigenvalue weighted by Crippen LogP contribution is -2.14. The molecule has 0 fully saturated rings. The number of ketones is 1. The van der Waals surface area contributed by atoms with Crippen LogP contribution in [0.3, 0.4) is 0 Å². The lowest BCUT2D eigenvalue weighted by molar-refractivity contribution is 0.0974. The molecule has 4 heteroatoms. The van der Waals surface area contributed by atoms with Gasteiger partial charge >= 0.3 is 0 Å². The molecule has 0 radical (unpaired) electrons. The number of para-hydroxylation sites is 2. The van der Waals surface area contributed by atoms with E-state index in [2.05, 4.69) is 61.7 Å². The van der Waals surface area contributed by atoms with Crippen molar-refractivity contribution in [2.45, 2.75) is 5.92 Å². The topological polar surface area (TPSA) is 26.9 Å². The van der Waals surface area contributed by atoms with Crippen LogP contribution in [-0.2, 0) is 14.1 Å². The van der Waals surface area contributed by atoms with Gasteiger partial charge in [0.05, 0.1) is 5.92 Å². The molecule has 0 N–H and O–H groups in total. The largest absolute Gasteiger partial charge is 0.350 e. The van der Waals surface area contributed by atoms with E-state index in [1.807, 2.05) is 62.6 Å². The van der Waals surface area contributed by atoms with Gasteiger partial charge < -0.3 is 9.13 Å². The molecule has 148 valence electrons. The van der Waals surface area contributed by atoms with Crippen LogP contribution in [0.5, 0.6) is 0 Å². The Labute approximate surface area is 183 Å². The summed E-state index contributed by atoms with van der Waals surface area (Å²) < 4.78 is 5.12. The molecule has 0 spiro atoms. The van der Waals surface area contributed by atoms with E-state index >= 15 is 0 Å². The van der Waals surface area contributed by atoms with Crippen molar-refractivity contribution >= 4 is 43.5 Å². The van der Waals surface area contributed by atoms with Crippen LogP contribution in [0.4, 0.5) is 0 Å². The lowest BCUT2D eigenvalue weighted by atomic mass is 9.84. The molecule has 5 rings (SSSR count). The molecule has 0 aliphatic heterocycles. The predicted molar refractivity (Wildman–Crippen MR) is 126 cm³/mol.